The van der Waals surface area contributed by atoms with E-state index in [1.807, 2.05) is 78.9 Å². The van der Waals surface area contributed by atoms with Crippen LogP contribution in [0.1, 0.15) is 65.1 Å². The van der Waals surface area contributed by atoms with Crippen LogP contribution in [0.15, 0.2) is 192 Å². The maximum absolute atomic E-state index is 12.5. The Morgan fingerprint density at radius 3 is 1.40 bits per heavy atom. The van der Waals surface area contributed by atoms with Crippen LogP contribution in [0.25, 0.3) is 89.9 Å². The molecule has 2 aliphatic heterocycles. The van der Waals surface area contributed by atoms with Crippen molar-refractivity contribution < 1.29 is 4.79 Å². The number of nitrogens with one attached hydrogen (secondary N) is 5. The van der Waals surface area contributed by atoms with E-state index in [-0.39, 0.29) is 19.5 Å². The van der Waals surface area contributed by atoms with E-state index in [0.29, 0.717) is 62.5 Å². The van der Waals surface area contributed by atoms with Crippen molar-refractivity contribution in [2.75, 3.05) is 26.2 Å². The molecule has 8 aromatic heterocycles. The number of nitrogens with zero attached hydrogens (tertiary/aromatic N) is 11. The third-order valence-corrected chi connectivity index (χ3v) is 14.9. The third kappa shape index (κ3) is 12.7. The second-order valence-corrected chi connectivity index (χ2v) is 20.2. The Hall–Kier alpha value is -10.3. The van der Waals surface area contributed by atoms with Crippen molar-refractivity contribution in [1.29, 1.82) is 0 Å². The second kappa shape index (κ2) is 26.1. The van der Waals surface area contributed by atoms with Gasteiger partial charge in [-0.3, -0.25) is 29.5 Å². The number of likely N-dealkylation sites (tertiary alicyclic amines) is 1. The zero-order valence-corrected chi connectivity index (χ0v) is 45.6. The summed E-state index contributed by atoms with van der Waals surface area (Å²) in [6.45, 7) is 4.95. The summed E-state index contributed by atoms with van der Waals surface area (Å²) in [5.74, 6) is 4.93. The minimum atomic E-state index is -0.162. The zero-order chi connectivity index (χ0) is 56.3. The first-order valence-electron chi connectivity index (χ1n) is 27.5. The standard InChI is InChI=1S/C32H28N8O.C21H14N2O2.C11H14N6.B/c41-32-26-19-25(22-5-2-1-3-6-22)28(36-27(26)11-16-35-32)23-9-7-21(8-10-23)20-40-17-12-24(13-18-40)29-37-31(39-38-29)30-33-14-4-15-34-30;24-13-14-6-8-16(9-7-14)20-17(15-4-2-1-3-5-15)12-18-19(23-20)10-11-22-21(18)25;1-4-13-10(14-5-1)11-15-9(16-17-11)8-2-6-12-7-3-8;/h1-11,14-16,19,24H,12-13,17-18,20H2,(H,35,41)(H,37,38,39);1-13H,(H,22,25);1,4-5,8,12H,2-3,6-7H2,(H,15,16,17);. The molecule has 0 spiro atoms. The fraction of sp³-hybridized carbons (Fsp3) is 0.172. The highest BCUT2D eigenvalue weighted by Crippen LogP contribution is 2.35. The van der Waals surface area contributed by atoms with E-state index in [2.05, 4.69) is 107 Å². The highest BCUT2D eigenvalue weighted by molar-refractivity contribution is 5.92. The Morgan fingerprint density at radius 2 is 0.940 bits per heavy atom. The average Bonchev–Trinajstić information content (AvgIpc) is 2.71. The van der Waals surface area contributed by atoms with Gasteiger partial charge in [-0.2, -0.15) is 0 Å². The first-order valence-corrected chi connectivity index (χ1v) is 27.5. The molecule has 10 heterocycles. The molecule has 2 saturated heterocycles. The van der Waals surface area contributed by atoms with Gasteiger partial charge in [-0.15, -0.1) is 10.2 Å². The number of rotatable bonds is 11. The van der Waals surface area contributed by atoms with Crippen LogP contribution >= 0.6 is 0 Å². The number of hydrogen-bond donors (Lipinski definition) is 5. The van der Waals surface area contributed by atoms with E-state index in [1.54, 1.807) is 67.5 Å². The van der Waals surface area contributed by atoms with Crippen molar-refractivity contribution in [2.24, 2.45) is 0 Å². The molecule has 20 heteroatoms. The van der Waals surface area contributed by atoms with E-state index in [9.17, 15) is 14.4 Å². The van der Waals surface area contributed by atoms with Crippen LogP contribution in [0.5, 0.6) is 0 Å². The lowest BCUT2D eigenvalue weighted by Gasteiger charge is -2.31. The quantitative estimate of drug-likeness (QED) is 0.0597. The van der Waals surface area contributed by atoms with E-state index in [1.165, 1.54) is 5.56 Å². The lowest BCUT2D eigenvalue weighted by atomic mass is 9.95. The maximum atomic E-state index is 12.5. The highest BCUT2D eigenvalue weighted by Gasteiger charge is 2.25. The van der Waals surface area contributed by atoms with Crippen LogP contribution in [0, 0.1) is 0 Å². The number of aromatic amines is 4. The molecule has 19 nitrogen and oxygen atoms in total. The summed E-state index contributed by atoms with van der Waals surface area (Å²) in [5.41, 5.74) is 10.3. The van der Waals surface area contributed by atoms with Gasteiger partial charge in [-0.25, -0.2) is 39.9 Å². The first-order chi connectivity index (χ1) is 40.9. The molecule has 2 aliphatic rings. The number of carbonyl (C=O) groups is 1. The lowest BCUT2D eigenvalue weighted by Crippen LogP contribution is -2.32. The number of fused-ring (bicyclic) bond motifs is 2. The number of hydrogen-bond acceptors (Lipinski definition) is 15. The van der Waals surface area contributed by atoms with Crippen LogP contribution < -0.4 is 16.4 Å². The molecule has 14 rings (SSSR count). The average molecular weight is 1110 g/mol. The number of pyridine rings is 4. The van der Waals surface area contributed by atoms with E-state index in [0.717, 1.165) is 121 Å². The summed E-state index contributed by atoms with van der Waals surface area (Å²) in [4.78, 5) is 79.1. The molecule has 84 heavy (non-hydrogen) atoms. The van der Waals surface area contributed by atoms with Gasteiger partial charge >= 0.3 is 0 Å². The molecule has 0 saturated carbocycles. The minimum Gasteiger partial charge on any atom is -0.328 e. The Bertz CT molecular complexity index is 4250. The Labute approximate surface area is 484 Å². The van der Waals surface area contributed by atoms with Crippen LogP contribution in [0.4, 0.5) is 0 Å². The van der Waals surface area contributed by atoms with Gasteiger partial charge in [0.25, 0.3) is 11.1 Å². The monoisotopic (exact) mass is 1110 g/mol. The predicted molar refractivity (Wildman–Crippen MR) is 325 cm³/mol. The van der Waals surface area contributed by atoms with Crippen molar-refractivity contribution in [3.63, 3.8) is 0 Å². The maximum Gasteiger partial charge on any atom is 0.257 e. The summed E-state index contributed by atoms with van der Waals surface area (Å²) >= 11 is 0. The van der Waals surface area contributed by atoms with Gasteiger partial charge in [-0.1, -0.05) is 109 Å². The van der Waals surface area contributed by atoms with Crippen molar-refractivity contribution in [2.45, 2.75) is 44.1 Å². The highest BCUT2D eigenvalue weighted by atomic mass is 16.1. The molecule has 0 atom stereocenters. The lowest BCUT2D eigenvalue weighted by molar-refractivity contribution is 0.112. The molecule has 12 aromatic rings. The van der Waals surface area contributed by atoms with Crippen molar-refractivity contribution in [3.05, 3.63) is 226 Å². The zero-order valence-electron chi connectivity index (χ0n) is 45.6. The molecule has 2 fully saturated rings. The summed E-state index contributed by atoms with van der Waals surface area (Å²) in [6.07, 6.45) is 15.1. The van der Waals surface area contributed by atoms with Crippen molar-refractivity contribution in [3.8, 4) is 68.1 Å². The van der Waals surface area contributed by atoms with E-state index >= 15 is 0 Å². The molecule has 4 aromatic carbocycles. The van der Waals surface area contributed by atoms with Gasteiger partial charge in [0.1, 0.15) is 17.9 Å². The van der Waals surface area contributed by atoms with Crippen LogP contribution in [0.3, 0.4) is 0 Å². The Morgan fingerprint density at radius 1 is 0.488 bits per heavy atom. The van der Waals surface area contributed by atoms with Gasteiger partial charge in [-0.05, 0) is 105 Å². The van der Waals surface area contributed by atoms with Crippen molar-refractivity contribution in [1.82, 2.24) is 80.5 Å². The first kappa shape index (κ1) is 55.6. The van der Waals surface area contributed by atoms with Crippen molar-refractivity contribution >= 4 is 36.5 Å². The van der Waals surface area contributed by atoms with Gasteiger partial charge in [0.05, 0.1) is 33.2 Å². The normalized spacial score (nSPS) is 13.7. The largest absolute Gasteiger partial charge is 0.328 e. The number of carbonyl (C=O) groups excluding carboxylic acids is 1. The van der Waals surface area contributed by atoms with Crippen LogP contribution in [-0.4, -0.2) is 116 Å². The molecule has 0 amide bonds. The fourth-order valence-corrected chi connectivity index (χ4v) is 10.5. The van der Waals surface area contributed by atoms with Gasteiger partial charge in [0.15, 0.2) is 11.6 Å². The van der Waals surface area contributed by atoms with E-state index < -0.39 is 0 Å². The number of benzene rings is 4. The third-order valence-electron chi connectivity index (χ3n) is 14.9. The molecule has 0 aliphatic carbocycles. The van der Waals surface area contributed by atoms with E-state index in [4.69, 9.17) is 9.97 Å². The molecular formula is C64H56BN16O3. The summed E-state index contributed by atoms with van der Waals surface area (Å²) in [7, 11) is 0. The summed E-state index contributed by atoms with van der Waals surface area (Å²) < 4.78 is 0. The topological polar surface area (TPSA) is 259 Å². The SMILES string of the molecule is O=Cc1ccc(-c2nc3cc[nH]c(=O)c3cc2-c2ccccc2)cc1.O=c1[nH]ccc2nc(-c3ccc(CN4CCC(c5nc(-c6ncccn6)n[nH]5)CC4)cc3)c(-c3ccccc3)cc12.[B].c1cnc(-c2n[nH]c(C3CCNCC3)n2)nc1. The fourth-order valence-electron chi connectivity index (χ4n) is 10.5. The van der Waals surface area contributed by atoms with Gasteiger partial charge in [0, 0.05) is 91.8 Å². The smallest absolute Gasteiger partial charge is 0.257 e. The molecule has 3 radical (unpaired) electrons. The Kier molecular flexibility index (Phi) is 17.3. The number of aromatic nitrogens is 14. The molecule has 5 N–H and O–H groups in total. The molecule has 0 bridgehead atoms. The van der Waals surface area contributed by atoms with Gasteiger partial charge in [0.2, 0.25) is 11.6 Å². The number of piperidine rings is 2. The summed E-state index contributed by atoms with van der Waals surface area (Å²) in [6, 6.07) is 46.9. The number of aldehydes is 1. The predicted octanol–water partition coefficient (Wildman–Crippen LogP) is 9.63. The van der Waals surface area contributed by atoms with Crippen LogP contribution in [-0.2, 0) is 6.54 Å². The van der Waals surface area contributed by atoms with Crippen LogP contribution in [0.2, 0.25) is 0 Å². The minimum absolute atomic E-state index is 0. The molecule has 0 unspecified atom stereocenters. The second-order valence-electron chi connectivity index (χ2n) is 20.2. The molecular weight excluding hydrogens is 1050 g/mol. The van der Waals surface area contributed by atoms with Gasteiger partial charge < -0.3 is 15.3 Å². The molecule has 413 valence electrons. The Balaban J connectivity index is 0.000000145. The summed E-state index contributed by atoms with van der Waals surface area (Å²) in [5, 5.41) is 19.1. The number of H-pyrrole nitrogens is 4.